The summed E-state index contributed by atoms with van der Waals surface area (Å²) >= 11 is 1.52. The number of hydrogen-bond acceptors (Lipinski definition) is 6. The molecule has 0 saturated carbocycles. The van der Waals surface area contributed by atoms with Crippen LogP contribution in [0.5, 0.6) is 23.0 Å². The number of methoxy groups -OCH3 is 2. The SMILES string of the molecule is COc1ccc(OC)c([C@@H]2CCCN2C(=O)CSc2ccc3c(c2)OCCO3)c1. The van der Waals surface area contributed by atoms with E-state index in [1.165, 1.54) is 11.8 Å². The van der Waals surface area contributed by atoms with Crippen LogP contribution in [0.25, 0.3) is 0 Å². The van der Waals surface area contributed by atoms with Crippen molar-refractivity contribution in [3.63, 3.8) is 0 Å². The van der Waals surface area contributed by atoms with E-state index in [2.05, 4.69) is 0 Å². The average Bonchev–Trinajstić information content (AvgIpc) is 3.26. The summed E-state index contributed by atoms with van der Waals surface area (Å²) in [6.07, 6.45) is 1.90. The standard InChI is InChI=1S/C22H25NO5S/c1-25-15-5-7-19(26-2)17(12-15)18-4-3-9-23(18)22(24)14-29-16-6-8-20-21(13-16)28-11-10-27-20/h5-8,12-13,18H,3-4,9-11,14H2,1-2H3/t18-/m0/s1. The van der Waals surface area contributed by atoms with Crippen molar-refractivity contribution < 1.29 is 23.7 Å². The van der Waals surface area contributed by atoms with Gasteiger partial charge in [-0.25, -0.2) is 0 Å². The maximum absolute atomic E-state index is 13.0. The molecular formula is C22H25NO5S. The van der Waals surface area contributed by atoms with Crippen LogP contribution in [0.1, 0.15) is 24.4 Å². The van der Waals surface area contributed by atoms with E-state index in [0.717, 1.165) is 52.8 Å². The number of rotatable bonds is 6. The van der Waals surface area contributed by atoms with Crippen LogP contribution in [0.3, 0.4) is 0 Å². The van der Waals surface area contributed by atoms with E-state index in [1.807, 2.05) is 41.3 Å². The fraction of sp³-hybridized carbons (Fsp3) is 0.409. The van der Waals surface area contributed by atoms with Crippen molar-refractivity contribution in [2.24, 2.45) is 0 Å². The van der Waals surface area contributed by atoms with E-state index in [9.17, 15) is 4.79 Å². The molecule has 2 aromatic rings. The van der Waals surface area contributed by atoms with Crippen LogP contribution in [0.15, 0.2) is 41.3 Å². The Morgan fingerprint density at radius 3 is 2.72 bits per heavy atom. The number of ether oxygens (including phenoxy) is 4. The van der Waals surface area contributed by atoms with Crippen LogP contribution < -0.4 is 18.9 Å². The van der Waals surface area contributed by atoms with E-state index < -0.39 is 0 Å². The second kappa shape index (κ2) is 8.86. The smallest absolute Gasteiger partial charge is 0.233 e. The third kappa shape index (κ3) is 4.24. The number of amides is 1. The summed E-state index contributed by atoms with van der Waals surface area (Å²) < 4.78 is 22.1. The Hall–Kier alpha value is -2.54. The fourth-order valence-corrected chi connectivity index (χ4v) is 4.64. The van der Waals surface area contributed by atoms with Gasteiger partial charge in [0.05, 0.1) is 26.0 Å². The first-order valence-electron chi connectivity index (χ1n) is 9.73. The molecule has 7 heteroatoms. The minimum atomic E-state index is 0.00779. The fourth-order valence-electron chi connectivity index (χ4n) is 3.83. The molecule has 2 aliphatic heterocycles. The summed E-state index contributed by atoms with van der Waals surface area (Å²) in [5, 5.41) is 0. The molecule has 1 fully saturated rings. The maximum atomic E-state index is 13.0. The van der Waals surface area contributed by atoms with Gasteiger partial charge in [-0.15, -0.1) is 11.8 Å². The van der Waals surface area contributed by atoms with E-state index >= 15 is 0 Å². The summed E-state index contributed by atoms with van der Waals surface area (Å²) in [5.41, 5.74) is 1.00. The first kappa shape index (κ1) is 19.8. The Kier molecular flexibility index (Phi) is 6.04. The number of carbonyl (C=O) groups excluding carboxylic acids is 1. The second-order valence-corrected chi connectivity index (χ2v) is 8.00. The maximum Gasteiger partial charge on any atom is 0.233 e. The number of thioether (sulfide) groups is 1. The van der Waals surface area contributed by atoms with Crippen LogP contribution in [-0.2, 0) is 4.79 Å². The molecule has 0 aliphatic carbocycles. The zero-order valence-corrected chi connectivity index (χ0v) is 17.5. The Labute approximate surface area is 175 Å². The molecule has 0 aromatic heterocycles. The minimum Gasteiger partial charge on any atom is -0.497 e. The highest BCUT2D eigenvalue weighted by molar-refractivity contribution is 8.00. The van der Waals surface area contributed by atoms with E-state index in [1.54, 1.807) is 14.2 Å². The van der Waals surface area contributed by atoms with Gasteiger partial charge in [-0.2, -0.15) is 0 Å². The van der Waals surface area contributed by atoms with Crippen molar-refractivity contribution in [3.8, 4) is 23.0 Å². The molecule has 2 aliphatic rings. The van der Waals surface area contributed by atoms with Gasteiger partial charge in [0, 0.05) is 17.0 Å². The lowest BCUT2D eigenvalue weighted by Crippen LogP contribution is -2.32. The molecule has 4 rings (SSSR count). The van der Waals surface area contributed by atoms with Gasteiger partial charge in [0.25, 0.3) is 0 Å². The third-order valence-electron chi connectivity index (χ3n) is 5.24. The first-order chi connectivity index (χ1) is 14.2. The molecule has 2 aromatic carbocycles. The molecule has 0 spiro atoms. The number of benzene rings is 2. The van der Waals surface area contributed by atoms with Crippen LogP contribution in [0.2, 0.25) is 0 Å². The monoisotopic (exact) mass is 415 g/mol. The molecular weight excluding hydrogens is 390 g/mol. The lowest BCUT2D eigenvalue weighted by atomic mass is 10.0. The van der Waals surface area contributed by atoms with Crippen LogP contribution >= 0.6 is 11.8 Å². The number of carbonyl (C=O) groups is 1. The zero-order valence-electron chi connectivity index (χ0n) is 16.7. The summed E-state index contributed by atoms with van der Waals surface area (Å²) in [4.78, 5) is 16.0. The van der Waals surface area contributed by atoms with Crippen molar-refractivity contribution in [1.29, 1.82) is 0 Å². The highest BCUT2D eigenvalue weighted by Crippen LogP contribution is 2.40. The molecule has 6 nitrogen and oxygen atoms in total. The highest BCUT2D eigenvalue weighted by Gasteiger charge is 2.32. The van der Waals surface area contributed by atoms with Crippen LogP contribution in [0, 0.1) is 0 Å². The molecule has 0 N–H and O–H groups in total. The van der Waals surface area contributed by atoms with Crippen molar-refractivity contribution in [3.05, 3.63) is 42.0 Å². The zero-order chi connectivity index (χ0) is 20.2. The Bertz CT molecular complexity index is 888. The molecule has 1 atom stereocenters. The lowest BCUT2D eigenvalue weighted by molar-refractivity contribution is -0.129. The molecule has 0 bridgehead atoms. The summed E-state index contributed by atoms with van der Waals surface area (Å²) in [6.45, 7) is 1.88. The number of hydrogen-bond donors (Lipinski definition) is 0. The van der Waals surface area contributed by atoms with Crippen molar-refractivity contribution in [2.45, 2.75) is 23.8 Å². The molecule has 154 valence electrons. The summed E-state index contributed by atoms with van der Waals surface area (Å²) in [5.74, 6) is 3.56. The van der Waals surface area contributed by atoms with Crippen molar-refractivity contribution in [2.75, 3.05) is 39.7 Å². The van der Waals surface area contributed by atoms with Gasteiger partial charge in [-0.3, -0.25) is 4.79 Å². The third-order valence-corrected chi connectivity index (χ3v) is 6.22. The van der Waals surface area contributed by atoms with Crippen LogP contribution in [-0.4, -0.2) is 50.5 Å². The molecule has 0 radical (unpaired) electrons. The van der Waals surface area contributed by atoms with Gasteiger partial charge in [0.2, 0.25) is 5.91 Å². The van der Waals surface area contributed by atoms with Gasteiger partial charge in [-0.05, 0) is 49.2 Å². The van der Waals surface area contributed by atoms with E-state index in [-0.39, 0.29) is 11.9 Å². The lowest BCUT2D eigenvalue weighted by Gasteiger charge is -2.26. The molecule has 29 heavy (non-hydrogen) atoms. The number of likely N-dealkylation sites (tertiary alicyclic amines) is 1. The van der Waals surface area contributed by atoms with Gasteiger partial charge >= 0.3 is 0 Å². The Balaban J connectivity index is 1.46. The number of fused-ring (bicyclic) bond motifs is 1. The molecule has 1 saturated heterocycles. The predicted molar refractivity (Wildman–Crippen MR) is 111 cm³/mol. The van der Waals surface area contributed by atoms with Crippen molar-refractivity contribution in [1.82, 2.24) is 4.90 Å². The Morgan fingerprint density at radius 2 is 1.93 bits per heavy atom. The summed E-state index contributed by atoms with van der Waals surface area (Å²) in [7, 11) is 3.30. The topological polar surface area (TPSA) is 57.2 Å². The highest BCUT2D eigenvalue weighted by atomic mass is 32.2. The van der Waals surface area contributed by atoms with Gasteiger partial charge < -0.3 is 23.8 Å². The molecule has 2 heterocycles. The summed E-state index contributed by atoms with van der Waals surface area (Å²) in [6, 6.07) is 11.6. The van der Waals surface area contributed by atoms with Crippen LogP contribution in [0.4, 0.5) is 0 Å². The normalized spacial score (nSPS) is 17.9. The van der Waals surface area contributed by atoms with Gasteiger partial charge in [0.1, 0.15) is 24.7 Å². The van der Waals surface area contributed by atoms with Gasteiger partial charge in [0.15, 0.2) is 11.5 Å². The second-order valence-electron chi connectivity index (χ2n) is 6.95. The first-order valence-corrected chi connectivity index (χ1v) is 10.7. The average molecular weight is 416 g/mol. The Morgan fingerprint density at radius 1 is 1.10 bits per heavy atom. The molecule has 1 amide bonds. The minimum absolute atomic E-state index is 0.00779. The van der Waals surface area contributed by atoms with E-state index in [4.69, 9.17) is 18.9 Å². The quantitative estimate of drug-likeness (QED) is 0.667. The molecule has 0 unspecified atom stereocenters. The number of nitrogens with zero attached hydrogens (tertiary/aromatic N) is 1. The van der Waals surface area contributed by atoms with Crippen molar-refractivity contribution >= 4 is 17.7 Å². The predicted octanol–water partition coefficient (Wildman–Crippen LogP) is 3.93. The van der Waals surface area contributed by atoms with E-state index in [0.29, 0.717) is 19.0 Å². The largest absolute Gasteiger partial charge is 0.497 e. The van der Waals surface area contributed by atoms with Gasteiger partial charge in [-0.1, -0.05) is 0 Å².